The van der Waals surface area contributed by atoms with Gasteiger partial charge in [0.2, 0.25) is 11.8 Å². The molecule has 1 saturated carbocycles. The Hall–Kier alpha value is -2.18. The minimum absolute atomic E-state index is 0.138. The molecule has 5 rings (SSSR count). The largest absolute Gasteiger partial charge is 0.339 e. The molecule has 6 heteroatoms. The Labute approximate surface area is 201 Å². The van der Waals surface area contributed by atoms with E-state index in [0.29, 0.717) is 38.6 Å². The van der Waals surface area contributed by atoms with Gasteiger partial charge in [-0.3, -0.25) is 14.5 Å². The van der Waals surface area contributed by atoms with Crippen molar-refractivity contribution in [1.29, 1.82) is 0 Å². The van der Waals surface area contributed by atoms with Crippen LogP contribution in [0, 0.1) is 12.8 Å². The summed E-state index contributed by atoms with van der Waals surface area (Å²) in [7, 11) is 0. The van der Waals surface area contributed by atoms with Gasteiger partial charge in [-0.1, -0.05) is 43.5 Å². The molecular formula is C27H35N3O2S. The Kier molecular flexibility index (Phi) is 6.84. The molecule has 1 saturated heterocycles. The normalized spacial score (nSPS) is 22.3. The first kappa shape index (κ1) is 22.6. The summed E-state index contributed by atoms with van der Waals surface area (Å²) in [6.45, 7) is 6.17. The molecule has 0 spiro atoms. The van der Waals surface area contributed by atoms with Gasteiger partial charge in [-0.25, -0.2) is 0 Å². The second-order valence-corrected chi connectivity index (χ2v) is 10.8. The third-order valence-corrected chi connectivity index (χ3v) is 8.78. The summed E-state index contributed by atoms with van der Waals surface area (Å²) >= 11 is 1.83. The second-order valence-electron chi connectivity index (χ2n) is 9.82. The van der Waals surface area contributed by atoms with Crippen molar-refractivity contribution < 1.29 is 9.59 Å². The van der Waals surface area contributed by atoms with Crippen molar-refractivity contribution in [3.63, 3.8) is 0 Å². The zero-order valence-electron chi connectivity index (χ0n) is 19.7. The molecule has 0 N–H and O–H groups in total. The van der Waals surface area contributed by atoms with Crippen LogP contribution in [0.2, 0.25) is 0 Å². The maximum absolute atomic E-state index is 13.3. The first-order valence-electron chi connectivity index (χ1n) is 12.5. The van der Waals surface area contributed by atoms with E-state index in [9.17, 15) is 9.59 Å². The Morgan fingerprint density at radius 2 is 1.64 bits per heavy atom. The quantitative estimate of drug-likeness (QED) is 0.678. The molecule has 5 nitrogen and oxygen atoms in total. The van der Waals surface area contributed by atoms with Crippen molar-refractivity contribution in [2.75, 3.05) is 39.3 Å². The van der Waals surface area contributed by atoms with E-state index in [1.54, 1.807) is 0 Å². The molecule has 3 heterocycles. The Morgan fingerprint density at radius 3 is 2.39 bits per heavy atom. The average molecular weight is 466 g/mol. The third-order valence-electron chi connectivity index (χ3n) is 7.79. The molecule has 1 aromatic carbocycles. The number of thiophene rings is 1. The van der Waals surface area contributed by atoms with E-state index in [4.69, 9.17) is 0 Å². The van der Waals surface area contributed by atoms with Gasteiger partial charge in [0.25, 0.3) is 0 Å². The summed E-state index contributed by atoms with van der Waals surface area (Å²) in [5.41, 5.74) is 3.93. The summed E-state index contributed by atoms with van der Waals surface area (Å²) in [6, 6.07) is 10.9. The molecule has 0 unspecified atom stereocenters. The van der Waals surface area contributed by atoms with E-state index in [-0.39, 0.29) is 17.9 Å². The lowest BCUT2D eigenvalue weighted by molar-refractivity contribution is -0.143. The highest BCUT2D eigenvalue weighted by atomic mass is 32.1. The Bertz CT molecular complexity index is 989. The summed E-state index contributed by atoms with van der Waals surface area (Å²) < 4.78 is 0. The Morgan fingerprint density at radius 1 is 0.909 bits per heavy atom. The van der Waals surface area contributed by atoms with Crippen molar-refractivity contribution >= 4 is 23.2 Å². The molecule has 2 aliphatic heterocycles. The zero-order valence-corrected chi connectivity index (χ0v) is 20.5. The molecule has 1 aliphatic carbocycles. The van der Waals surface area contributed by atoms with Crippen LogP contribution in [-0.4, -0.2) is 65.8 Å². The van der Waals surface area contributed by atoms with Crippen molar-refractivity contribution in [3.05, 3.63) is 57.3 Å². The van der Waals surface area contributed by atoms with Crippen LogP contribution in [0.5, 0.6) is 0 Å². The predicted octanol–water partition coefficient (Wildman–Crippen LogP) is 4.26. The fraction of sp³-hybridized carbons (Fsp3) is 0.556. The molecule has 3 aliphatic rings. The third kappa shape index (κ3) is 4.73. The second kappa shape index (κ2) is 9.98. The maximum Gasteiger partial charge on any atom is 0.236 e. The molecule has 0 radical (unpaired) electrons. The van der Waals surface area contributed by atoms with Gasteiger partial charge in [0.05, 0.1) is 12.6 Å². The van der Waals surface area contributed by atoms with Crippen LogP contribution in [0.15, 0.2) is 35.7 Å². The number of amides is 2. The van der Waals surface area contributed by atoms with Crippen LogP contribution in [0.25, 0.3) is 0 Å². The summed E-state index contributed by atoms with van der Waals surface area (Å²) in [6.07, 6.45) is 6.71. The minimum atomic E-state index is 0.138. The number of carbonyl (C=O) groups is 2. The van der Waals surface area contributed by atoms with Crippen LogP contribution in [0.3, 0.4) is 0 Å². The van der Waals surface area contributed by atoms with Gasteiger partial charge in [-0.05, 0) is 54.3 Å². The van der Waals surface area contributed by atoms with Crippen LogP contribution in [0.4, 0.5) is 0 Å². The average Bonchev–Trinajstić information content (AvgIpc) is 3.34. The van der Waals surface area contributed by atoms with E-state index in [1.165, 1.54) is 40.8 Å². The molecule has 176 valence electrons. The number of carbonyl (C=O) groups excluding carboxylic acids is 2. The summed E-state index contributed by atoms with van der Waals surface area (Å²) in [5, 5.41) is 2.18. The Balaban J connectivity index is 1.24. The van der Waals surface area contributed by atoms with E-state index < -0.39 is 0 Å². The van der Waals surface area contributed by atoms with E-state index in [0.717, 1.165) is 25.8 Å². The molecular weight excluding hydrogens is 430 g/mol. The lowest BCUT2D eigenvalue weighted by Crippen LogP contribution is -2.54. The van der Waals surface area contributed by atoms with Crippen molar-refractivity contribution in [2.45, 2.75) is 51.5 Å². The fourth-order valence-corrected chi connectivity index (χ4v) is 6.76. The molecule has 0 bridgehead atoms. The van der Waals surface area contributed by atoms with Crippen LogP contribution >= 0.6 is 11.3 Å². The van der Waals surface area contributed by atoms with Gasteiger partial charge in [-0.15, -0.1) is 11.3 Å². The first-order valence-corrected chi connectivity index (χ1v) is 13.4. The topological polar surface area (TPSA) is 43.9 Å². The van der Waals surface area contributed by atoms with Crippen molar-refractivity contribution in [3.8, 4) is 0 Å². The lowest BCUT2D eigenvalue weighted by atomic mass is 9.88. The number of hydrogen-bond acceptors (Lipinski definition) is 4. The molecule has 1 atom stereocenters. The van der Waals surface area contributed by atoms with E-state index >= 15 is 0 Å². The number of hydrogen-bond donors (Lipinski definition) is 0. The number of benzene rings is 1. The van der Waals surface area contributed by atoms with Crippen molar-refractivity contribution in [1.82, 2.24) is 14.7 Å². The summed E-state index contributed by atoms with van der Waals surface area (Å²) in [4.78, 5) is 34.0. The lowest BCUT2D eigenvalue weighted by Gasteiger charge is -2.40. The van der Waals surface area contributed by atoms with Crippen LogP contribution < -0.4 is 0 Å². The van der Waals surface area contributed by atoms with Gasteiger partial charge in [0.15, 0.2) is 0 Å². The minimum Gasteiger partial charge on any atom is -0.339 e. The van der Waals surface area contributed by atoms with Crippen molar-refractivity contribution in [2.24, 2.45) is 5.92 Å². The molecule has 2 fully saturated rings. The molecule has 33 heavy (non-hydrogen) atoms. The zero-order chi connectivity index (χ0) is 22.8. The highest BCUT2D eigenvalue weighted by Gasteiger charge is 2.34. The SMILES string of the molecule is Cc1ccccc1[C@H]1c2ccsc2CCN1CC(=O)N1CCN(C(=O)C2CCCCC2)CC1. The number of piperazine rings is 1. The van der Waals surface area contributed by atoms with Gasteiger partial charge in [0.1, 0.15) is 0 Å². The number of nitrogens with zero attached hydrogens (tertiary/aromatic N) is 3. The van der Waals surface area contributed by atoms with E-state index in [1.807, 2.05) is 21.1 Å². The van der Waals surface area contributed by atoms with Gasteiger partial charge < -0.3 is 9.80 Å². The van der Waals surface area contributed by atoms with E-state index in [2.05, 4.69) is 47.5 Å². The summed E-state index contributed by atoms with van der Waals surface area (Å²) in [5.74, 6) is 0.725. The monoisotopic (exact) mass is 465 g/mol. The predicted molar refractivity (Wildman–Crippen MR) is 132 cm³/mol. The molecule has 2 amide bonds. The number of aryl methyl sites for hydroxylation is 1. The smallest absolute Gasteiger partial charge is 0.236 e. The van der Waals surface area contributed by atoms with Crippen LogP contribution in [0.1, 0.15) is 59.7 Å². The standard InChI is InChI=1S/C27H35N3O2S/c1-20-7-5-6-10-22(20)26-23-12-18-33-24(23)11-13-30(26)19-25(31)28-14-16-29(17-15-28)27(32)21-8-3-2-4-9-21/h5-7,10,12,18,21,26H,2-4,8-9,11,13-17,19H2,1H3/t26-/m0/s1. The fourth-order valence-electron chi connectivity index (χ4n) is 5.85. The maximum atomic E-state index is 13.3. The molecule has 1 aromatic heterocycles. The number of rotatable bonds is 4. The van der Waals surface area contributed by atoms with Gasteiger partial charge in [-0.2, -0.15) is 0 Å². The highest BCUT2D eigenvalue weighted by Crippen LogP contribution is 2.38. The molecule has 2 aromatic rings. The van der Waals surface area contributed by atoms with Gasteiger partial charge >= 0.3 is 0 Å². The highest BCUT2D eigenvalue weighted by molar-refractivity contribution is 7.10. The van der Waals surface area contributed by atoms with Crippen LogP contribution in [-0.2, 0) is 16.0 Å². The first-order chi connectivity index (χ1) is 16.1. The van der Waals surface area contributed by atoms with Gasteiger partial charge in [0, 0.05) is 43.5 Å². The number of fused-ring (bicyclic) bond motifs is 1.